The van der Waals surface area contributed by atoms with E-state index in [9.17, 15) is 14.4 Å². The molecule has 1 aromatic carbocycles. The van der Waals surface area contributed by atoms with Gasteiger partial charge in [-0.05, 0) is 57.6 Å². The first kappa shape index (κ1) is 21.2. The van der Waals surface area contributed by atoms with Crippen LogP contribution in [0.15, 0.2) is 19.7 Å². The van der Waals surface area contributed by atoms with Crippen molar-refractivity contribution in [2.75, 3.05) is 6.54 Å². The van der Waals surface area contributed by atoms with Crippen LogP contribution in [0.1, 0.15) is 60.1 Å². The second kappa shape index (κ2) is 8.57. The number of hydrogen-bond acceptors (Lipinski definition) is 5. The number of furan rings is 1. The number of fused-ring (bicyclic) bond motifs is 4. The molecule has 0 radical (unpaired) electrons. The first-order valence-electron chi connectivity index (χ1n) is 10.9. The van der Waals surface area contributed by atoms with Gasteiger partial charge >= 0.3 is 11.6 Å². The van der Waals surface area contributed by atoms with E-state index < -0.39 is 11.6 Å². The smallest absolute Gasteiger partial charge is 0.339 e. The average Bonchev–Trinajstić information content (AvgIpc) is 3.11. The second-order valence-corrected chi connectivity index (χ2v) is 8.31. The van der Waals surface area contributed by atoms with Crippen molar-refractivity contribution >= 4 is 33.8 Å². The molecule has 3 aromatic rings. The number of nitrogens with one attached hydrogen (secondary N) is 1. The van der Waals surface area contributed by atoms with Crippen LogP contribution in [-0.2, 0) is 28.9 Å². The molecule has 0 fully saturated rings. The summed E-state index contributed by atoms with van der Waals surface area (Å²) < 4.78 is 11.8. The fourth-order valence-electron chi connectivity index (χ4n) is 4.50. The highest BCUT2D eigenvalue weighted by Crippen LogP contribution is 2.37. The van der Waals surface area contributed by atoms with Gasteiger partial charge in [0.15, 0.2) is 0 Å². The van der Waals surface area contributed by atoms with E-state index in [1.807, 2.05) is 13.8 Å². The molecule has 7 nitrogen and oxygen atoms in total. The minimum atomic E-state index is -0.887. The Bertz CT molecular complexity index is 1230. The quantitative estimate of drug-likeness (QED) is 0.438. The maximum atomic E-state index is 12.7. The first-order chi connectivity index (χ1) is 14.9. The van der Waals surface area contributed by atoms with Crippen molar-refractivity contribution in [1.82, 2.24) is 5.32 Å². The topological polar surface area (TPSA) is 110 Å². The number of aliphatic carboxylic acids is 1. The Balaban J connectivity index is 1.61. The van der Waals surface area contributed by atoms with Crippen LogP contribution in [0.2, 0.25) is 0 Å². The fraction of sp³-hybridized carbons (Fsp3) is 0.458. The fourth-order valence-corrected chi connectivity index (χ4v) is 4.50. The SMILES string of the molecule is Cc1c(CCC(=O)NCCCC(=O)O)c(=O)oc2c(C)c3oc4c(c3cc12)CCCC4. The van der Waals surface area contributed by atoms with Crippen molar-refractivity contribution in [1.29, 1.82) is 0 Å². The van der Waals surface area contributed by atoms with Crippen LogP contribution in [-0.4, -0.2) is 23.5 Å². The van der Waals surface area contributed by atoms with Crippen molar-refractivity contribution in [3.05, 3.63) is 44.5 Å². The Hall–Kier alpha value is -3.09. The van der Waals surface area contributed by atoms with Gasteiger partial charge in [0.25, 0.3) is 0 Å². The van der Waals surface area contributed by atoms with Gasteiger partial charge in [0.1, 0.15) is 16.9 Å². The van der Waals surface area contributed by atoms with E-state index in [1.165, 1.54) is 5.56 Å². The molecule has 31 heavy (non-hydrogen) atoms. The van der Waals surface area contributed by atoms with E-state index in [-0.39, 0.29) is 25.2 Å². The van der Waals surface area contributed by atoms with Gasteiger partial charge in [-0.25, -0.2) is 4.79 Å². The van der Waals surface area contributed by atoms with Crippen LogP contribution < -0.4 is 10.9 Å². The predicted molar refractivity (Wildman–Crippen MR) is 117 cm³/mol. The zero-order chi connectivity index (χ0) is 22.1. The van der Waals surface area contributed by atoms with Crippen molar-refractivity contribution in [3.63, 3.8) is 0 Å². The Morgan fingerprint density at radius 2 is 1.77 bits per heavy atom. The van der Waals surface area contributed by atoms with E-state index in [0.29, 0.717) is 24.1 Å². The molecule has 164 valence electrons. The lowest BCUT2D eigenvalue weighted by Gasteiger charge is -2.11. The highest BCUT2D eigenvalue weighted by atomic mass is 16.4. The van der Waals surface area contributed by atoms with E-state index >= 15 is 0 Å². The van der Waals surface area contributed by atoms with Gasteiger partial charge in [-0.1, -0.05) is 0 Å². The molecule has 0 bridgehead atoms. The zero-order valence-electron chi connectivity index (χ0n) is 17.9. The van der Waals surface area contributed by atoms with Gasteiger partial charge in [0, 0.05) is 53.3 Å². The molecular formula is C24H27NO6. The normalized spacial score (nSPS) is 13.5. The maximum Gasteiger partial charge on any atom is 0.339 e. The summed E-state index contributed by atoms with van der Waals surface area (Å²) in [4.78, 5) is 35.3. The Kier molecular flexibility index (Phi) is 5.85. The van der Waals surface area contributed by atoms with E-state index in [4.69, 9.17) is 13.9 Å². The third-order valence-corrected chi connectivity index (χ3v) is 6.22. The number of amides is 1. The first-order valence-corrected chi connectivity index (χ1v) is 10.9. The molecule has 1 aliphatic carbocycles. The summed E-state index contributed by atoms with van der Waals surface area (Å²) in [5.41, 5.74) is 4.36. The summed E-state index contributed by atoms with van der Waals surface area (Å²) in [6.07, 6.45) is 5.02. The number of aryl methyl sites for hydroxylation is 4. The number of carboxylic acids is 1. The highest BCUT2D eigenvalue weighted by molar-refractivity contribution is 6.00. The monoisotopic (exact) mass is 425 g/mol. The molecule has 0 atom stereocenters. The molecule has 0 unspecified atom stereocenters. The van der Waals surface area contributed by atoms with Crippen LogP contribution in [0.25, 0.3) is 21.9 Å². The molecular weight excluding hydrogens is 398 g/mol. The largest absolute Gasteiger partial charge is 0.481 e. The van der Waals surface area contributed by atoms with E-state index in [2.05, 4.69) is 11.4 Å². The number of benzene rings is 1. The minimum Gasteiger partial charge on any atom is -0.481 e. The molecule has 0 saturated heterocycles. The van der Waals surface area contributed by atoms with Crippen molar-refractivity contribution < 1.29 is 23.5 Å². The number of rotatable bonds is 7. The van der Waals surface area contributed by atoms with Crippen LogP contribution >= 0.6 is 0 Å². The van der Waals surface area contributed by atoms with E-state index in [0.717, 1.165) is 58.9 Å². The second-order valence-electron chi connectivity index (χ2n) is 8.31. The van der Waals surface area contributed by atoms with Gasteiger partial charge < -0.3 is 19.3 Å². The lowest BCUT2D eigenvalue weighted by Crippen LogP contribution is -2.26. The highest BCUT2D eigenvalue weighted by Gasteiger charge is 2.23. The molecule has 1 amide bonds. The van der Waals surface area contributed by atoms with Gasteiger partial charge in [-0.3, -0.25) is 9.59 Å². The molecule has 1 aliphatic rings. The van der Waals surface area contributed by atoms with E-state index in [1.54, 1.807) is 0 Å². The van der Waals surface area contributed by atoms with Crippen LogP contribution in [0.3, 0.4) is 0 Å². The van der Waals surface area contributed by atoms with Gasteiger partial charge in [0.05, 0.1) is 0 Å². The van der Waals surface area contributed by atoms with Crippen molar-refractivity contribution in [2.24, 2.45) is 0 Å². The summed E-state index contributed by atoms with van der Waals surface area (Å²) in [5, 5.41) is 13.3. The van der Waals surface area contributed by atoms with Crippen molar-refractivity contribution in [3.8, 4) is 0 Å². The zero-order valence-corrected chi connectivity index (χ0v) is 17.9. The third-order valence-electron chi connectivity index (χ3n) is 6.22. The lowest BCUT2D eigenvalue weighted by molar-refractivity contribution is -0.137. The molecule has 7 heteroatoms. The van der Waals surface area contributed by atoms with Gasteiger partial charge in [0.2, 0.25) is 5.91 Å². The summed E-state index contributed by atoms with van der Waals surface area (Å²) in [6.45, 7) is 4.13. The minimum absolute atomic E-state index is 0.0131. The number of hydrogen-bond donors (Lipinski definition) is 2. The molecule has 0 aliphatic heterocycles. The Morgan fingerprint density at radius 3 is 2.55 bits per heavy atom. The van der Waals surface area contributed by atoms with Crippen LogP contribution in [0.4, 0.5) is 0 Å². The summed E-state index contributed by atoms with van der Waals surface area (Å²) in [7, 11) is 0. The van der Waals surface area contributed by atoms with Crippen molar-refractivity contribution in [2.45, 2.75) is 65.2 Å². The summed E-state index contributed by atoms with van der Waals surface area (Å²) in [6, 6.07) is 2.07. The molecule has 2 N–H and O–H groups in total. The standard InChI is InChI=1S/C24H27NO6/c1-13-15(9-10-20(26)25-11-5-8-21(27)28)24(29)31-22-14(2)23-18(12-17(13)22)16-6-3-4-7-19(16)30-23/h12H,3-11H2,1-2H3,(H,25,26)(H,27,28). The average molecular weight is 425 g/mol. The van der Waals surface area contributed by atoms with Crippen LogP contribution in [0.5, 0.6) is 0 Å². The summed E-state index contributed by atoms with van der Waals surface area (Å²) >= 11 is 0. The van der Waals surface area contributed by atoms with Crippen LogP contribution in [0, 0.1) is 13.8 Å². The number of carboxylic acid groups (broad SMARTS) is 1. The maximum absolute atomic E-state index is 12.7. The summed E-state index contributed by atoms with van der Waals surface area (Å²) in [5.74, 6) is -0.0544. The Labute approximate surface area is 179 Å². The number of carbonyl (C=O) groups is 2. The Morgan fingerprint density at radius 1 is 1.03 bits per heavy atom. The molecule has 4 rings (SSSR count). The molecule has 2 heterocycles. The molecule has 2 aromatic heterocycles. The predicted octanol–water partition coefficient (Wildman–Crippen LogP) is 3.95. The third kappa shape index (κ3) is 4.09. The molecule has 0 spiro atoms. The van der Waals surface area contributed by atoms with Gasteiger partial charge in [-0.2, -0.15) is 0 Å². The number of carbonyl (C=O) groups excluding carboxylic acids is 1. The molecule has 0 saturated carbocycles. The van der Waals surface area contributed by atoms with Gasteiger partial charge in [-0.15, -0.1) is 0 Å². The lowest BCUT2D eigenvalue weighted by atomic mass is 9.93.